The predicted molar refractivity (Wildman–Crippen MR) is 118 cm³/mol. The summed E-state index contributed by atoms with van der Waals surface area (Å²) < 4.78 is 41.7. The number of rotatable bonds is 5. The number of amides is 1. The Morgan fingerprint density at radius 1 is 1.24 bits per heavy atom. The Morgan fingerprint density at radius 2 is 1.97 bits per heavy atom. The molecule has 1 aliphatic heterocycles. The summed E-state index contributed by atoms with van der Waals surface area (Å²) in [6, 6.07) is 9.58. The molecule has 178 valence electrons. The zero-order chi connectivity index (χ0) is 24.5. The molecule has 0 bridgehead atoms. The van der Waals surface area contributed by atoms with Crippen LogP contribution in [-0.4, -0.2) is 38.7 Å². The van der Waals surface area contributed by atoms with E-state index in [4.69, 9.17) is 0 Å². The van der Waals surface area contributed by atoms with E-state index in [1.54, 1.807) is 13.0 Å². The zero-order valence-corrected chi connectivity index (χ0v) is 18.1. The standard InChI is InChI=1S/C22H21F3N6O3/c1-14-12-19(30(28-14)16-6-8-17(9-7-16)31(33)34)27-21(32)15-4-3-11-29(13-15)20-18(22(23,24)25)5-2-10-26-20/h2,5-10,12,15H,3-4,11,13H2,1H3,(H,27,32). The van der Waals surface area contributed by atoms with Crippen LogP contribution in [0.25, 0.3) is 5.69 Å². The topological polar surface area (TPSA) is 106 Å². The molecule has 0 aliphatic carbocycles. The predicted octanol–water partition coefficient (Wildman–Crippen LogP) is 4.36. The lowest BCUT2D eigenvalue weighted by Crippen LogP contribution is -2.42. The number of benzene rings is 1. The number of hydrogen-bond donors (Lipinski definition) is 1. The van der Waals surface area contributed by atoms with Crippen molar-refractivity contribution in [3.8, 4) is 5.69 Å². The molecule has 1 amide bonds. The maximum atomic E-state index is 13.4. The second-order valence-electron chi connectivity index (χ2n) is 8.00. The van der Waals surface area contributed by atoms with E-state index >= 15 is 0 Å². The summed E-state index contributed by atoms with van der Waals surface area (Å²) in [6.45, 7) is 2.19. The first-order chi connectivity index (χ1) is 16.1. The number of anilines is 2. The van der Waals surface area contributed by atoms with E-state index in [0.29, 0.717) is 36.6 Å². The van der Waals surface area contributed by atoms with Crippen LogP contribution in [-0.2, 0) is 11.0 Å². The van der Waals surface area contributed by atoms with E-state index in [9.17, 15) is 28.1 Å². The molecule has 0 saturated carbocycles. The van der Waals surface area contributed by atoms with Crippen molar-refractivity contribution in [1.82, 2.24) is 14.8 Å². The van der Waals surface area contributed by atoms with Crippen LogP contribution in [0.3, 0.4) is 0 Å². The number of nitro groups is 1. The van der Waals surface area contributed by atoms with Gasteiger partial charge in [0.1, 0.15) is 11.6 Å². The minimum atomic E-state index is -4.55. The number of aromatic nitrogens is 3. The van der Waals surface area contributed by atoms with Gasteiger partial charge in [0, 0.05) is 37.5 Å². The van der Waals surface area contributed by atoms with Crippen molar-refractivity contribution < 1.29 is 22.9 Å². The van der Waals surface area contributed by atoms with Gasteiger partial charge in [-0.15, -0.1) is 0 Å². The maximum Gasteiger partial charge on any atom is 0.419 e. The lowest BCUT2D eigenvalue weighted by atomic mass is 9.96. The quantitative estimate of drug-likeness (QED) is 0.435. The molecule has 3 aromatic rings. The number of nitrogens with one attached hydrogen (secondary N) is 1. The largest absolute Gasteiger partial charge is 0.419 e. The number of nitro benzene ring substituents is 1. The number of carbonyl (C=O) groups is 1. The minimum Gasteiger partial charge on any atom is -0.355 e. The molecule has 4 rings (SSSR count). The van der Waals surface area contributed by atoms with E-state index < -0.39 is 22.6 Å². The summed E-state index contributed by atoms with van der Waals surface area (Å²) in [5.74, 6) is -0.726. The summed E-state index contributed by atoms with van der Waals surface area (Å²) in [7, 11) is 0. The Bertz CT molecular complexity index is 1210. The van der Waals surface area contributed by atoms with Crippen LogP contribution in [0, 0.1) is 23.0 Å². The van der Waals surface area contributed by atoms with Gasteiger partial charge in [-0.05, 0) is 44.0 Å². The zero-order valence-electron chi connectivity index (χ0n) is 18.1. The van der Waals surface area contributed by atoms with Crippen LogP contribution in [0.5, 0.6) is 0 Å². The Kier molecular flexibility index (Phi) is 6.22. The van der Waals surface area contributed by atoms with E-state index in [0.717, 1.165) is 6.07 Å². The molecule has 12 heteroatoms. The second-order valence-corrected chi connectivity index (χ2v) is 8.00. The summed E-state index contributed by atoms with van der Waals surface area (Å²) in [5, 5.41) is 18.1. The molecule has 1 unspecified atom stereocenters. The average molecular weight is 474 g/mol. The Labute approximate surface area is 192 Å². The first kappa shape index (κ1) is 23.2. The third-order valence-electron chi connectivity index (χ3n) is 5.57. The highest BCUT2D eigenvalue weighted by molar-refractivity contribution is 5.92. The number of hydrogen-bond acceptors (Lipinski definition) is 6. The van der Waals surface area contributed by atoms with Gasteiger partial charge in [-0.25, -0.2) is 9.67 Å². The number of nitrogens with zero attached hydrogens (tertiary/aromatic N) is 5. The van der Waals surface area contributed by atoms with E-state index in [2.05, 4.69) is 15.4 Å². The second kappa shape index (κ2) is 9.12. The lowest BCUT2D eigenvalue weighted by molar-refractivity contribution is -0.384. The normalized spacial score (nSPS) is 16.4. The van der Waals surface area contributed by atoms with Crippen LogP contribution in [0.4, 0.5) is 30.5 Å². The Hall–Kier alpha value is -3.96. The van der Waals surface area contributed by atoms with Crippen molar-refractivity contribution in [1.29, 1.82) is 0 Å². The van der Waals surface area contributed by atoms with Crippen molar-refractivity contribution >= 4 is 23.2 Å². The Morgan fingerprint density at radius 3 is 2.65 bits per heavy atom. The molecule has 1 saturated heterocycles. The van der Waals surface area contributed by atoms with Gasteiger partial charge >= 0.3 is 6.18 Å². The van der Waals surface area contributed by atoms with Crippen LogP contribution in [0.1, 0.15) is 24.1 Å². The highest BCUT2D eigenvalue weighted by Gasteiger charge is 2.37. The first-order valence-electron chi connectivity index (χ1n) is 10.5. The average Bonchev–Trinajstić information content (AvgIpc) is 3.18. The van der Waals surface area contributed by atoms with Gasteiger partial charge in [0.05, 0.1) is 27.8 Å². The highest BCUT2D eigenvalue weighted by atomic mass is 19.4. The van der Waals surface area contributed by atoms with Crippen LogP contribution >= 0.6 is 0 Å². The van der Waals surface area contributed by atoms with Crippen molar-refractivity contribution in [2.45, 2.75) is 25.9 Å². The third kappa shape index (κ3) is 4.85. The SMILES string of the molecule is Cc1cc(NC(=O)C2CCCN(c3ncccc3C(F)(F)F)C2)n(-c2ccc([N+](=O)[O-])cc2)n1. The van der Waals surface area contributed by atoms with E-state index in [-0.39, 0.29) is 24.0 Å². The third-order valence-corrected chi connectivity index (χ3v) is 5.57. The van der Waals surface area contributed by atoms with Crippen LogP contribution < -0.4 is 10.2 Å². The number of non-ortho nitro benzene ring substituents is 1. The molecular formula is C22H21F3N6O3. The van der Waals surface area contributed by atoms with Crippen LogP contribution in [0.15, 0.2) is 48.7 Å². The minimum absolute atomic E-state index is 0.0757. The van der Waals surface area contributed by atoms with Gasteiger partial charge < -0.3 is 10.2 Å². The maximum absolute atomic E-state index is 13.4. The summed E-state index contributed by atoms with van der Waals surface area (Å²) >= 11 is 0. The fraction of sp³-hybridized carbons (Fsp3) is 0.318. The smallest absolute Gasteiger partial charge is 0.355 e. The molecule has 1 aromatic carbocycles. The molecule has 1 aliphatic rings. The summed E-state index contributed by atoms with van der Waals surface area (Å²) in [5.41, 5.74) is 0.223. The first-order valence-corrected chi connectivity index (χ1v) is 10.5. The fourth-order valence-corrected chi connectivity index (χ4v) is 3.98. The molecule has 2 aromatic heterocycles. The van der Waals surface area contributed by atoms with E-state index in [1.165, 1.54) is 46.1 Å². The number of piperidine rings is 1. The molecule has 3 heterocycles. The van der Waals surface area contributed by atoms with Gasteiger partial charge in [-0.2, -0.15) is 18.3 Å². The molecule has 1 fully saturated rings. The van der Waals surface area contributed by atoms with Gasteiger partial charge in [0.2, 0.25) is 5.91 Å². The van der Waals surface area contributed by atoms with Crippen molar-refractivity contribution in [2.24, 2.45) is 5.92 Å². The number of pyridine rings is 1. The van der Waals surface area contributed by atoms with Crippen molar-refractivity contribution in [3.63, 3.8) is 0 Å². The molecule has 1 N–H and O–H groups in total. The molecule has 34 heavy (non-hydrogen) atoms. The summed E-state index contributed by atoms with van der Waals surface area (Å²) in [4.78, 5) is 28.9. The Balaban J connectivity index is 1.53. The fourth-order valence-electron chi connectivity index (χ4n) is 3.98. The summed E-state index contributed by atoms with van der Waals surface area (Å²) in [6.07, 6.45) is -2.19. The number of carbonyl (C=O) groups excluding carboxylic acids is 1. The van der Waals surface area contributed by atoms with Gasteiger partial charge in [0.15, 0.2) is 0 Å². The van der Waals surface area contributed by atoms with Crippen molar-refractivity contribution in [2.75, 3.05) is 23.3 Å². The van der Waals surface area contributed by atoms with E-state index in [1.807, 2.05) is 0 Å². The highest BCUT2D eigenvalue weighted by Crippen LogP contribution is 2.36. The monoisotopic (exact) mass is 474 g/mol. The van der Waals surface area contributed by atoms with Crippen molar-refractivity contribution in [3.05, 3.63) is 70.0 Å². The molecule has 0 radical (unpaired) electrons. The number of alkyl halides is 3. The van der Waals surface area contributed by atoms with Gasteiger partial charge in [0.25, 0.3) is 5.69 Å². The van der Waals surface area contributed by atoms with Gasteiger partial charge in [-0.1, -0.05) is 0 Å². The molecule has 1 atom stereocenters. The van der Waals surface area contributed by atoms with Crippen LogP contribution in [0.2, 0.25) is 0 Å². The lowest BCUT2D eigenvalue weighted by Gasteiger charge is -2.34. The number of aryl methyl sites for hydroxylation is 1. The molecule has 9 nitrogen and oxygen atoms in total. The van der Waals surface area contributed by atoms with Gasteiger partial charge in [-0.3, -0.25) is 14.9 Å². The molecular weight excluding hydrogens is 453 g/mol. The molecule has 0 spiro atoms. The number of halogens is 3.